The van der Waals surface area contributed by atoms with Gasteiger partial charge in [-0.1, -0.05) is 12.1 Å². The van der Waals surface area contributed by atoms with E-state index in [1.807, 2.05) is 33.0 Å². The number of carbonyl (C=O) groups excluding carboxylic acids is 2. The number of benzene rings is 1. The third kappa shape index (κ3) is 6.89. The van der Waals surface area contributed by atoms with Crippen molar-refractivity contribution in [3.05, 3.63) is 28.8 Å². The molecule has 1 aromatic rings. The number of aldehydes is 1. The van der Waals surface area contributed by atoms with Crippen LogP contribution >= 0.6 is 0 Å². The van der Waals surface area contributed by atoms with Gasteiger partial charge in [-0.25, -0.2) is 0 Å². The van der Waals surface area contributed by atoms with E-state index < -0.39 is 0 Å². The summed E-state index contributed by atoms with van der Waals surface area (Å²) in [5.74, 6) is -0.247. The van der Waals surface area contributed by atoms with Gasteiger partial charge in [-0.2, -0.15) is 0 Å². The first-order valence-corrected chi connectivity index (χ1v) is 6.45. The van der Waals surface area contributed by atoms with Gasteiger partial charge in [0, 0.05) is 19.7 Å². The molecule has 0 saturated carbocycles. The maximum atomic E-state index is 10.7. The van der Waals surface area contributed by atoms with E-state index in [1.165, 1.54) is 18.1 Å². The Balaban J connectivity index is 0.000000621. The van der Waals surface area contributed by atoms with Crippen LogP contribution in [0.2, 0.25) is 0 Å². The first kappa shape index (κ1) is 18.1. The van der Waals surface area contributed by atoms with Gasteiger partial charge < -0.3 is 20.2 Å². The van der Waals surface area contributed by atoms with Gasteiger partial charge in [0.15, 0.2) is 0 Å². The van der Waals surface area contributed by atoms with Gasteiger partial charge in [0.25, 0.3) is 0 Å². The molecule has 5 nitrogen and oxygen atoms in total. The second kappa shape index (κ2) is 9.97. The minimum Gasteiger partial charge on any atom is -0.461 e. The normalized spacial score (nSPS) is 9.25. The third-order valence-corrected chi connectivity index (χ3v) is 2.57. The van der Waals surface area contributed by atoms with Crippen LogP contribution in [0.1, 0.15) is 23.6 Å². The lowest BCUT2D eigenvalue weighted by atomic mass is 10.0. The molecular formula is C15H24N2O3. The number of ether oxygens (including phenoxy) is 1. The molecule has 1 aromatic carbocycles. The number of hydrogen-bond acceptors (Lipinski definition) is 5. The lowest BCUT2D eigenvalue weighted by Crippen LogP contribution is -2.07. The molecule has 1 rings (SSSR count). The van der Waals surface area contributed by atoms with Crippen LogP contribution in [-0.4, -0.2) is 32.9 Å². The summed E-state index contributed by atoms with van der Waals surface area (Å²) in [6.07, 6.45) is 0.819. The highest BCUT2D eigenvalue weighted by atomic mass is 16.5. The Morgan fingerprint density at radius 3 is 2.10 bits per heavy atom. The van der Waals surface area contributed by atoms with E-state index in [0.717, 1.165) is 17.5 Å². The van der Waals surface area contributed by atoms with Crippen molar-refractivity contribution in [2.75, 3.05) is 26.0 Å². The standard InChI is InChI=1S/C12H17NO2.C3H7NO/c1-8-5-11(7-15-10(3)14)6-9(2)12(8)13-4;1-4-2-3-5/h5-6,13H,7H2,1-4H3;3-4H,2H2,1H3. The second-order valence-corrected chi connectivity index (χ2v) is 4.36. The van der Waals surface area contributed by atoms with E-state index in [4.69, 9.17) is 4.74 Å². The fraction of sp³-hybridized carbons (Fsp3) is 0.467. The molecule has 0 spiro atoms. The Kier molecular flexibility index (Phi) is 9.04. The number of nitrogens with one attached hydrogen (secondary N) is 2. The van der Waals surface area contributed by atoms with Gasteiger partial charge in [0.1, 0.15) is 12.9 Å². The van der Waals surface area contributed by atoms with Gasteiger partial charge in [-0.15, -0.1) is 0 Å². The minimum absolute atomic E-state index is 0.247. The van der Waals surface area contributed by atoms with Gasteiger partial charge >= 0.3 is 5.97 Å². The van der Waals surface area contributed by atoms with Crippen LogP contribution in [0.5, 0.6) is 0 Å². The Labute approximate surface area is 120 Å². The third-order valence-electron chi connectivity index (χ3n) is 2.57. The Hall–Kier alpha value is -1.88. The molecule has 0 bridgehead atoms. The smallest absolute Gasteiger partial charge is 0.302 e. The second-order valence-electron chi connectivity index (χ2n) is 4.36. The van der Waals surface area contributed by atoms with Crippen molar-refractivity contribution in [3.63, 3.8) is 0 Å². The molecule has 0 aromatic heterocycles. The number of carbonyl (C=O) groups is 2. The molecule has 0 aliphatic rings. The van der Waals surface area contributed by atoms with Crippen LogP contribution in [-0.2, 0) is 20.9 Å². The highest BCUT2D eigenvalue weighted by molar-refractivity contribution is 5.66. The molecule has 0 unspecified atom stereocenters. The summed E-state index contributed by atoms with van der Waals surface area (Å²) in [5, 5.41) is 5.80. The number of rotatable bonds is 5. The Morgan fingerprint density at radius 2 is 1.80 bits per heavy atom. The monoisotopic (exact) mass is 280 g/mol. The largest absolute Gasteiger partial charge is 0.461 e. The molecule has 0 heterocycles. The zero-order valence-electron chi connectivity index (χ0n) is 12.9. The van der Waals surface area contributed by atoms with Crippen LogP contribution in [0, 0.1) is 13.8 Å². The molecule has 20 heavy (non-hydrogen) atoms. The maximum absolute atomic E-state index is 10.7. The summed E-state index contributed by atoms with van der Waals surface area (Å²) in [4.78, 5) is 20.0. The van der Waals surface area contributed by atoms with E-state index in [2.05, 4.69) is 10.6 Å². The average Bonchev–Trinajstić information content (AvgIpc) is 2.38. The summed E-state index contributed by atoms with van der Waals surface area (Å²) in [5.41, 5.74) is 4.50. The molecule has 112 valence electrons. The molecule has 0 aliphatic heterocycles. The van der Waals surface area contributed by atoms with E-state index >= 15 is 0 Å². The van der Waals surface area contributed by atoms with Gasteiger partial charge in [0.2, 0.25) is 0 Å². The molecule has 0 saturated heterocycles. The lowest BCUT2D eigenvalue weighted by Gasteiger charge is -2.11. The molecule has 5 heteroatoms. The SMILES string of the molecule is CNCC=O.CNc1c(C)cc(COC(C)=O)cc1C. The number of hydrogen-bond donors (Lipinski definition) is 2. The van der Waals surface area contributed by atoms with Crippen LogP contribution in [0.3, 0.4) is 0 Å². The molecule has 0 amide bonds. The highest BCUT2D eigenvalue weighted by Crippen LogP contribution is 2.21. The fourth-order valence-electron chi connectivity index (χ4n) is 1.80. The van der Waals surface area contributed by atoms with Crippen LogP contribution in [0.4, 0.5) is 5.69 Å². The average molecular weight is 280 g/mol. The van der Waals surface area contributed by atoms with Crippen molar-refractivity contribution >= 4 is 17.9 Å². The number of aryl methyl sites for hydroxylation is 2. The van der Waals surface area contributed by atoms with Crippen LogP contribution in [0.25, 0.3) is 0 Å². The predicted molar refractivity (Wildman–Crippen MR) is 80.9 cm³/mol. The maximum Gasteiger partial charge on any atom is 0.302 e. The zero-order valence-corrected chi connectivity index (χ0v) is 12.9. The Bertz CT molecular complexity index is 422. The predicted octanol–water partition coefficient (Wildman–Crippen LogP) is 1.81. The number of likely N-dealkylation sites (N-methyl/N-ethyl adjacent to an activating group) is 1. The number of esters is 1. The summed E-state index contributed by atoms with van der Waals surface area (Å²) in [7, 11) is 3.63. The summed E-state index contributed by atoms with van der Waals surface area (Å²) < 4.78 is 4.95. The summed E-state index contributed by atoms with van der Waals surface area (Å²) in [6, 6.07) is 4.06. The van der Waals surface area contributed by atoms with E-state index in [-0.39, 0.29) is 5.97 Å². The van der Waals surface area contributed by atoms with Crippen molar-refractivity contribution in [2.45, 2.75) is 27.4 Å². The summed E-state index contributed by atoms with van der Waals surface area (Å²) >= 11 is 0. The highest BCUT2D eigenvalue weighted by Gasteiger charge is 2.04. The first-order valence-electron chi connectivity index (χ1n) is 6.45. The number of anilines is 1. The van der Waals surface area contributed by atoms with Crippen molar-refractivity contribution in [1.82, 2.24) is 5.32 Å². The van der Waals surface area contributed by atoms with Crippen molar-refractivity contribution in [3.8, 4) is 0 Å². The first-order chi connectivity index (χ1) is 9.46. The van der Waals surface area contributed by atoms with Crippen molar-refractivity contribution < 1.29 is 14.3 Å². The molecular weight excluding hydrogens is 256 g/mol. The topological polar surface area (TPSA) is 67.4 Å². The summed E-state index contributed by atoms with van der Waals surface area (Å²) in [6.45, 7) is 6.30. The molecule has 0 fully saturated rings. The van der Waals surface area contributed by atoms with Crippen LogP contribution in [0.15, 0.2) is 12.1 Å². The Morgan fingerprint density at radius 1 is 1.25 bits per heavy atom. The fourth-order valence-corrected chi connectivity index (χ4v) is 1.80. The lowest BCUT2D eigenvalue weighted by molar-refractivity contribution is -0.142. The zero-order chi connectivity index (χ0) is 15.5. The van der Waals surface area contributed by atoms with Gasteiger partial charge in [-0.05, 0) is 37.6 Å². The van der Waals surface area contributed by atoms with Crippen molar-refractivity contribution in [1.29, 1.82) is 0 Å². The molecule has 2 N–H and O–H groups in total. The van der Waals surface area contributed by atoms with Crippen molar-refractivity contribution in [2.24, 2.45) is 0 Å². The molecule has 0 radical (unpaired) electrons. The van der Waals surface area contributed by atoms with E-state index in [0.29, 0.717) is 13.2 Å². The van der Waals surface area contributed by atoms with Crippen LogP contribution < -0.4 is 10.6 Å². The minimum atomic E-state index is -0.247. The van der Waals surface area contributed by atoms with Gasteiger partial charge in [-0.3, -0.25) is 4.79 Å². The molecule has 0 aliphatic carbocycles. The quantitative estimate of drug-likeness (QED) is 0.636. The van der Waals surface area contributed by atoms with E-state index in [1.54, 1.807) is 7.05 Å². The van der Waals surface area contributed by atoms with Gasteiger partial charge in [0.05, 0.1) is 6.54 Å². The van der Waals surface area contributed by atoms with E-state index in [9.17, 15) is 9.59 Å². The molecule has 0 atom stereocenters.